The van der Waals surface area contributed by atoms with Gasteiger partial charge in [0.2, 0.25) is 5.91 Å². The first-order valence-corrected chi connectivity index (χ1v) is 6.54. The molecule has 2 rings (SSSR count). The number of likely N-dealkylation sites (tertiary alicyclic amines) is 1. The Hall–Kier alpha value is -0.820. The van der Waals surface area contributed by atoms with Crippen molar-refractivity contribution in [1.82, 2.24) is 10.2 Å². The molecule has 110 valence electrons. The van der Waals surface area contributed by atoms with Gasteiger partial charge in [-0.05, 0) is 25.3 Å². The Kier molecular flexibility index (Phi) is 3.79. The molecule has 0 radical (unpaired) electrons. The van der Waals surface area contributed by atoms with Gasteiger partial charge in [-0.1, -0.05) is 6.92 Å². The summed E-state index contributed by atoms with van der Waals surface area (Å²) in [6.45, 7) is 2.04. The Morgan fingerprint density at radius 3 is 2.68 bits per heavy atom. The van der Waals surface area contributed by atoms with Gasteiger partial charge in [-0.15, -0.1) is 0 Å². The highest BCUT2D eigenvalue weighted by atomic mass is 19.4. The van der Waals surface area contributed by atoms with Gasteiger partial charge in [0.05, 0.1) is 12.6 Å². The number of hydrogen-bond acceptors (Lipinski definition) is 3. The minimum atomic E-state index is -4.69. The molecule has 7 heteroatoms. The highest BCUT2D eigenvalue weighted by Gasteiger charge is 2.58. The van der Waals surface area contributed by atoms with E-state index in [1.54, 1.807) is 0 Å². The number of nitrogens with zero attached hydrogens (tertiary/aromatic N) is 1. The van der Waals surface area contributed by atoms with E-state index in [1.165, 1.54) is 0 Å². The maximum absolute atomic E-state index is 12.7. The van der Waals surface area contributed by atoms with E-state index in [9.17, 15) is 23.1 Å². The molecule has 19 heavy (non-hydrogen) atoms. The van der Waals surface area contributed by atoms with Gasteiger partial charge in [0.15, 0.2) is 5.60 Å². The van der Waals surface area contributed by atoms with Crippen molar-refractivity contribution >= 4 is 5.91 Å². The van der Waals surface area contributed by atoms with Gasteiger partial charge in [0, 0.05) is 13.0 Å². The number of carbonyl (C=O) groups is 1. The summed E-state index contributed by atoms with van der Waals surface area (Å²) in [5.41, 5.74) is -2.75. The molecule has 4 nitrogen and oxygen atoms in total. The SMILES string of the molecule is CC1CCNC(C(=O)N2CCC(O)(C(F)(F)F)C2)C1. The lowest BCUT2D eigenvalue weighted by Gasteiger charge is -2.31. The second-order valence-corrected chi connectivity index (χ2v) is 5.68. The number of halogens is 3. The van der Waals surface area contributed by atoms with Crippen LogP contribution in [-0.2, 0) is 4.79 Å². The van der Waals surface area contributed by atoms with E-state index in [1.807, 2.05) is 6.92 Å². The monoisotopic (exact) mass is 280 g/mol. The lowest BCUT2D eigenvalue weighted by Crippen LogP contribution is -2.52. The van der Waals surface area contributed by atoms with Crippen LogP contribution in [0.5, 0.6) is 0 Å². The van der Waals surface area contributed by atoms with E-state index in [2.05, 4.69) is 5.32 Å². The molecular weight excluding hydrogens is 261 g/mol. The molecule has 0 spiro atoms. The van der Waals surface area contributed by atoms with Crippen molar-refractivity contribution in [2.45, 2.75) is 44.0 Å². The van der Waals surface area contributed by atoms with Crippen molar-refractivity contribution in [3.8, 4) is 0 Å². The molecule has 2 aliphatic rings. The smallest absolute Gasteiger partial charge is 0.379 e. The van der Waals surface area contributed by atoms with E-state index in [-0.39, 0.29) is 12.5 Å². The number of carbonyl (C=O) groups excluding carboxylic acids is 1. The van der Waals surface area contributed by atoms with Gasteiger partial charge >= 0.3 is 6.18 Å². The van der Waals surface area contributed by atoms with Crippen LogP contribution in [0.2, 0.25) is 0 Å². The number of hydrogen-bond donors (Lipinski definition) is 2. The number of β-amino-alcohol motifs (C(OH)–C–C–N with tert-alkyl or cyclic N) is 1. The molecule has 3 atom stereocenters. The van der Waals surface area contributed by atoms with Crippen molar-refractivity contribution in [2.75, 3.05) is 19.6 Å². The second-order valence-electron chi connectivity index (χ2n) is 5.68. The average molecular weight is 280 g/mol. The fraction of sp³-hybridized carbons (Fsp3) is 0.917. The van der Waals surface area contributed by atoms with Crippen molar-refractivity contribution in [3.63, 3.8) is 0 Å². The van der Waals surface area contributed by atoms with E-state index < -0.39 is 30.8 Å². The number of piperidine rings is 1. The summed E-state index contributed by atoms with van der Waals surface area (Å²) in [7, 11) is 0. The molecule has 0 aromatic heterocycles. The molecular formula is C12H19F3N2O2. The van der Waals surface area contributed by atoms with Crippen molar-refractivity contribution < 1.29 is 23.1 Å². The minimum absolute atomic E-state index is 0.0403. The molecule has 0 saturated carbocycles. The summed E-state index contributed by atoms with van der Waals surface area (Å²) in [5, 5.41) is 12.6. The summed E-state index contributed by atoms with van der Waals surface area (Å²) >= 11 is 0. The molecule has 0 bridgehead atoms. The summed E-state index contributed by atoms with van der Waals surface area (Å²) in [4.78, 5) is 13.3. The Morgan fingerprint density at radius 1 is 1.47 bits per heavy atom. The van der Waals surface area contributed by atoms with Gasteiger partial charge in [-0.3, -0.25) is 4.79 Å². The van der Waals surface area contributed by atoms with E-state index >= 15 is 0 Å². The first-order valence-electron chi connectivity index (χ1n) is 6.54. The molecule has 1 amide bonds. The van der Waals surface area contributed by atoms with Crippen LogP contribution in [0.1, 0.15) is 26.2 Å². The van der Waals surface area contributed by atoms with Crippen molar-refractivity contribution in [2.24, 2.45) is 5.92 Å². The van der Waals surface area contributed by atoms with Gasteiger partial charge in [-0.25, -0.2) is 0 Å². The van der Waals surface area contributed by atoms with Gasteiger partial charge < -0.3 is 15.3 Å². The lowest BCUT2D eigenvalue weighted by molar-refractivity contribution is -0.253. The second kappa shape index (κ2) is 4.94. The molecule has 3 unspecified atom stereocenters. The molecule has 0 aromatic rings. The zero-order valence-electron chi connectivity index (χ0n) is 10.8. The van der Waals surface area contributed by atoms with Crippen LogP contribution in [0, 0.1) is 5.92 Å². The predicted octanol–water partition coefficient (Wildman–Crippen LogP) is 0.900. The quantitative estimate of drug-likeness (QED) is 0.750. The predicted molar refractivity (Wildman–Crippen MR) is 62.4 cm³/mol. The van der Waals surface area contributed by atoms with Crippen LogP contribution in [0.15, 0.2) is 0 Å². The molecule has 2 N–H and O–H groups in total. The van der Waals surface area contributed by atoms with Crippen LogP contribution in [0.25, 0.3) is 0 Å². The van der Waals surface area contributed by atoms with Crippen LogP contribution in [-0.4, -0.2) is 53.4 Å². The molecule has 2 heterocycles. The third kappa shape index (κ3) is 2.86. The van der Waals surface area contributed by atoms with Crippen LogP contribution in [0.4, 0.5) is 13.2 Å². The Bertz CT molecular complexity index is 361. The minimum Gasteiger partial charge on any atom is -0.379 e. The zero-order valence-corrected chi connectivity index (χ0v) is 10.8. The standard InChI is InChI=1S/C12H19F3N2O2/c1-8-2-4-16-9(6-8)10(18)17-5-3-11(19,7-17)12(13,14)15/h8-9,16,19H,2-7H2,1H3. The van der Waals surface area contributed by atoms with Crippen LogP contribution >= 0.6 is 0 Å². The maximum Gasteiger partial charge on any atom is 0.419 e. The average Bonchev–Trinajstić information content (AvgIpc) is 2.72. The van der Waals surface area contributed by atoms with Gasteiger partial charge in [0.25, 0.3) is 0 Å². The van der Waals surface area contributed by atoms with Crippen LogP contribution < -0.4 is 5.32 Å². The topological polar surface area (TPSA) is 52.6 Å². The van der Waals surface area contributed by atoms with Crippen LogP contribution in [0.3, 0.4) is 0 Å². The number of amides is 1. The Morgan fingerprint density at radius 2 is 2.16 bits per heavy atom. The molecule has 2 saturated heterocycles. The van der Waals surface area contributed by atoms with E-state index in [4.69, 9.17) is 0 Å². The third-order valence-corrected chi connectivity index (χ3v) is 4.05. The number of aliphatic hydroxyl groups is 1. The number of nitrogens with one attached hydrogen (secondary N) is 1. The number of rotatable bonds is 1. The van der Waals surface area contributed by atoms with Gasteiger partial charge in [0.1, 0.15) is 0 Å². The summed E-state index contributed by atoms with van der Waals surface area (Å²) in [5.74, 6) is 0.0611. The fourth-order valence-corrected chi connectivity index (χ4v) is 2.73. The molecule has 2 aliphatic heterocycles. The Labute approximate surface area is 110 Å². The first kappa shape index (κ1) is 14.6. The normalized spacial score (nSPS) is 36.6. The summed E-state index contributed by atoms with van der Waals surface area (Å²) < 4.78 is 38.0. The maximum atomic E-state index is 12.7. The molecule has 2 fully saturated rings. The lowest BCUT2D eigenvalue weighted by atomic mass is 9.93. The van der Waals surface area contributed by atoms with E-state index in [0.29, 0.717) is 18.9 Å². The summed E-state index contributed by atoms with van der Waals surface area (Å²) in [6, 6.07) is -0.417. The summed E-state index contributed by atoms with van der Waals surface area (Å²) in [6.07, 6.45) is -3.52. The fourth-order valence-electron chi connectivity index (χ4n) is 2.73. The third-order valence-electron chi connectivity index (χ3n) is 4.05. The van der Waals surface area contributed by atoms with Crippen molar-refractivity contribution in [3.05, 3.63) is 0 Å². The van der Waals surface area contributed by atoms with Gasteiger partial charge in [-0.2, -0.15) is 13.2 Å². The first-order chi connectivity index (χ1) is 8.73. The zero-order chi connectivity index (χ0) is 14.3. The molecule has 0 aliphatic carbocycles. The Balaban J connectivity index is 1.99. The molecule has 0 aromatic carbocycles. The highest BCUT2D eigenvalue weighted by Crippen LogP contribution is 2.38. The van der Waals surface area contributed by atoms with E-state index in [0.717, 1.165) is 11.3 Å². The van der Waals surface area contributed by atoms with Crippen molar-refractivity contribution in [1.29, 1.82) is 0 Å². The largest absolute Gasteiger partial charge is 0.419 e. The number of alkyl halides is 3. The highest BCUT2D eigenvalue weighted by molar-refractivity contribution is 5.82.